The van der Waals surface area contributed by atoms with Gasteiger partial charge >= 0.3 is 0 Å². The Hall–Kier alpha value is -0.120. The zero-order valence-electron chi connectivity index (χ0n) is 11.8. The van der Waals surface area contributed by atoms with Gasteiger partial charge in [-0.1, -0.05) is 0 Å². The summed E-state index contributed by atoms with van der Waals surface area (Å²) in [6.07, 6.45) is 2.24. The summed E-state index contributed by atoms with van der Waals surface area (Å²) in [6.45, 7) is 10.8. The van der Waals surface area contributed by atoms with Crippen LogP contribution in [0.5, 0.6) is 0 Å². The average Bonchev–Trinajstić information content (AvgIpc) is 2.13. The zero-order chi connectivity index (χ0) is 12.4. The van der Waals surface area contributed by atoms with Crippen LogP contribution in [0, 0.1) is 0 Å². The first kappa shape index (κ1) is 13.9. The van der Waals surface area contributed by atoms with E-state index in [1.165, 1.54) is 0 Å². The highest BCUT2D eigenvalue weighted by Crippen LogP contribution is 2.24. The maximum atomic E-state index is 5.72. The molecule has 0 bridgehead atoms. The van der Waals surface area contributed by atoms with Crippen LogP contribution in [0.25, 0.3) is 0 Å². The summed E-state index contributed by atoms with van der Waals surface area (Å²) in [4.78, 5) is 2.27. The molecule has 3 heteroatoms. The average molecular weight is 228 g/mol. The quantitative estimate of drug-likeness (QED) is 0.795. The lowest BCUT2D eigenvalue weighted by molar-refractivity contribution is -0.0639. The molecule has 1 unspecified atom stereocenters. The van der Waals surface area contributed by atoms with Gasteiger partial charge < -0.3 is 15.0 Å². The fraction of sp³-hybridized carbons (Fsp3) is 1.00. The molecule has 0 aromatic carbocycles. The van der Waals surface area contributed by atoms with Gasteiger partial charge in [0.25, 0.3) is 0 Å². The molecule has 0 aliphatic carbocycles. The van der Waals surface area contributed by atoms with E-state index in [1.807, 2.05) is 0 Å². The third-order valence-corrected chi connectivity index (χ3v) is 3.73. The van der Waals surface area contributed by atoms with Crippen LogP contribution in [0.15, 0.2) is 0 Å². The second-order valence-corrected chi connectivity index (χ2v) is 6.39. The van der Waals surface area contributed by atoms with Crippen LogP contribution in [0.2, 0.25) is 0 Å². The molecule has 16 heavy (non-hydrogen) atoms. The summed E-state index contributed by atoms with van der Waals surface area (Å²) in [7, 11) is 4.27. The molecule has 1 N–H and O–H groups in total. The highest BCUT2D eigenvalue weighted by Gasteiger charge is 2.30. The fourth-order valence-electron chi connectivity index (χ4n) is 1.96. The van der Waals surface area contributed by atoms with Crippen molar-refractivity contribution >= 4 is 0 Å². The van der Waals surface area contributed by atoms with E-state index >= 15 is 0 Å². The second kappa shape index (κ2) is 5.03. The fourth-order valence-corrected chi connectivity index (χ4v) is 1.96. The highest BCUT2D eigenvalue weighted by atomic mass is 16.5. The first-order valence-corrected chi connectivity index (χ1v) is 6.28. The molecule has 0 radical (unpaired) electrons. The molecule has 0 aromatic heterocycles. The summed E-state index contributed by atoms with van der Waals surface area (Å²) in [5.74, 6) is 0. The van der Waals surface area contributed by atoms with E-state index in [4.69, 9.17) is 4.74 Å². The van der Waals surface area contributed by atoms with Crippen LogP contribution in [0.4, 0.5) is 0 Å². The van der Waals surface area contributed by atoms with Crippen molar-refractivity contribution in [2.75, 3.05) is 27.2 Å². The predicted octanol–water partition coefficient (Wildman–Crippen LogP) is 1.87. The molecule has 1 atom stereocenters. The minimum atomic E-state index is 0.0399. The topological polar surface area (TPSA) is 24.5 Å². The lowest BCUT2D eigenvalue weighted by Crippen LogP contribution is -2.52. The third-order valence-electron chi connectivity index (χ3n) is 3.73. The van der Waals surface area contributed by atoms with Crippen molar-refractivity contribution in [3.05, 3.63) is 0 Å². The van der Waals surface area contributed by atoms with Crippen LogP contribution in [-0.4, -0.2) is 49.3 Å². The van der Waals surface area contributed by atoms with E-state index < -0.39 is 0 Å². The Balaban J connectivity index is 2.38. The number of likely N-dealkylation sites (N-methyl/N-ethyl adjacent to an activating group) is 1. The molecule has 1 fully saturated rings. The molecule has 96 valence electrons. The smallest absolute Gasteiger partial charge is 0.0641 e. The number of nitrogens with zero attached hydrogens (tertiary/aromatic N) is 1. The third kappa shape index (κ3) is 4.04. The summed E-state index contributed by atoms with van der Waals surface area (Å²) in [5, 5.41) is 3.68. The van der Waals surface area contributed by atoms with Crippen LogP contribution in [0.1, 0.15) is 40.5 Å². The molecule has 0 spiro atoms. The Kier molecular flexibility index (Phi) is 4.38. The van der Waals surface area contributed by atoms with Crippen LogP contribution in [-0.2, 0) is 4.74 Å². The van der Waals surface area contributed by atoms with E-state index in [-0.39, 0.29) is 11.1 Å². The standard InChI is InChI=1S/C13H28N2O/c1-12(2,15(5)6)10-14-11-7-8-16-13(3,4)9-11/h11,14H,7-10H2,1-6H3. The molecule has 1 heterocycles. The lowest BCUT2D eigenvalue weighted by atomic mass is 9.93. The van der Waals surface area contributed by atoms with Crippen molar-refractivity contribution in [3.63, 3.8) is 0 Å². The van der Waals surface area contributed by atoms with E-state index in [1.54, 1.807) is 0 Å². The van der Waals surface area contributed by atoms with Crippen molar-refractivity contribution < 1.29 is 4.74 Å². The number of hydrogen-bond acceptors (Lipinski definition) is 3. The van der Waals surface area contributed by atoms with Crippen molar-refractivity contribution in [3.8, 4) is 0 Å². The molecule has 3 nitrogen and oxygen atoms in total. The first-order chi connectivity index (χ1) is 7.23. The van der Waals surface area contributed by atoms with E-state index in [0.717, 1.165) is 26.0 Å². The van der Waals surface area contributed by atoms with Crippen LogP contribution >= 0.6 is 0 Å². The number of rotatable bonds is 4. The second-order valence-electron chi connectivity index (χ2n) is 6.39. The Labute approximate surface area is 101 Å². The van der Waals surface area contributed by atoms with Gasteiger partial charge in [-0.25, -0.2) is 0 Å². The minimum Gasteiger partial charge on any atom is -0.375 e. The summed E-state index contributed by atoms with van der Waals surface area (Å²) >= 11 is 0. The van der Waals surface area contributed by atoms with Gasteiger partial charge in [-0.2, -0.15) is 0 Å². The summed E-state index contributed by atoms with van der Waals surface area (Å²) < 4.78 is 5.72. The Morgan fingerprint density at radius 2 is 2.00 bits per heavy atom. The monoisotopic (exact) mass is 228 g/mol. The number of ether oxygens (including phenoxy) is 1. The zero-order valence-corrected chi connectivity index (χ0v) is 11.8. The van der Waals surface area contributed by atoms with Gasteiger partial charge in [0.15, 0.2) is 0 Å². The number of hydrogen-bond donors (Lipinski definition) is 1. The molecule has 1 rings (SSSR count). The molecule has 0 saturated carbocycles. The van der Waals surface area contributed by atoms with Crippen LogP contribution in [0.3, 0.4) is 0 Å². The molecule has 1 aliphatic rings. The largest absolute Gasteiger partial charge is 0.375 e. The minimum absolute atomic E-state index is 0.0399. The van der Waals surface area contributed by atoms with Crippen molar-refractivity contribution in [1.82, 2.24) is 10.2 Å². The van der Waals surface area contributed by atoms with Crippen molar-refractivity contribution in [2.45, 2.75) is 57.7 Å². The van der Waals surface area contributed by atoms with E-state index in [2.05, 4.69) is 52.0 Å². The van der Waals surface area contributed by atoms with Crippen molar-refractivity contribution in [1.29, 1.82) is 0 Å². The normalized spacial score (nSPS) is 26.1. The Morgan fingerprint density at radius 1 is 1.38 bits per heavy atom. The molecule has 1 saturated heterocycles. The Bertz CT molecular complexity index is 224. The van der Waals surface area contributed by atoms with Crippen molar-refractivity contribution in [2.24, 2.45) is 0 Å². The van der Waals surface area contributed by atoms with E-state index in [9.17, 15) is 0 Å². The maximum Gasteiger partial charge on any atom is 0.0641 e. The van der Waals surface area contributed by atoms with Gasteiger partial charge in [0, 0.05) is 24.7 Å². The van der Waals surface area contributed by atoms with Gasteiger partial charge in [-0.05, 0) is 54.6 Å². The lowest BCUT2D eigenvalue weighted by Gasteiger charge is -2.39. The highest BCUT2D eigenvalue weighted by molar-refractivity contribution is 4.87. The first-order valence-electron chi connectivity index (χ1n) is 6.28. The molecule has 0 aromatic rings. The predicted molar refractivity (Wildman–Crippen MR) is 68.8 cm³/mol. The van der Waals surface area contributed by atoms with Crippen LogP contribution < -0.4 is 5.32 Å². The van der Waals surface area contributed by atoms with Gasteiger partial charge in [-0.3, -0.25) is 0 Å². The summed E-state index contributed by atoms with van der Waals surface area (Å²) in [5.41, 5.74) is 0.251. The molecular weight excluding hydrogens is 200 g/mol. The van der Waals surface area contributed by atoms with Gasteiger partial charge in [0.2, 0.25) is 0 Å². The van der Waals surface area contributed by atoms with Gasteiger partial charge in [0.05, 0.1) is 5.60 Å². The maximum absolute atomic E-state index is 5.72. The molecule has 0 amide bonds. The van der Waals surface area contributed by atoms with Gasteiger partial charge in [-0.15, -0.1) is 0 Å². The van der Waals surface area contributed by atoms with Gasteiger partial charge in [0.1, 0.15) is 0 Å². The summed E-state index contributed by atoms with van der Waals surface area (Å²) in [6, 6.07) is 0.600. The molecule has 1 aliphatic heterocycles. The molecular formula is C13H28N2O. The number of nitrogens with one attached hydrogen (secondary N) is 1. The Morgan fingerprint density at radius 3 is 2.50 bits per heavy atom. The SMILES string of the molecule is CN(C)C(C)(C)CNC1CCOC(C)(C)C1. The van der Waals surface area contributed by atoms with E-state index in [0.29, 0.717) is 6.04 Å².